The van der Waals surface area contributed by atoms with Crippen LogP contribution in [0.15, 0.2) is 212 Å². The second-order valence-corrected chi connectivity index (χ2v) is 21.8. The van der Waals surface area contributed by atoms with Crippen molar-refractivity contribution in [3.8, 4) is 39.6 Å². The SMILES string of the molecule is [2H]C([2H])([2H])c1cc(-c2cccc3c4ccccc4c4ccccc4c4cccc5c4n(c23)CN5c2cccc(Oc3ccc4c5c(-c6ccccc6)cccc5n(-c5cc(C(C)(C)C)ccn5)c4c3)c2)cc(C(C)(C)C)c1. The highest BCUT2D eigenvalue weighted by atomic mass is 16.5. The summed E-state index contributed by atoms with van der Waals surface area (Å²) in [5, 5.41) is 8.98. The first kappa shape index (κ1) is 41.9. The molecule has 13 rings (SSSR count). The average molecular weight is 962 g/mol. The molecule has 0 spiro atoms. The Kier molecular flexibility index (Phi) is 9.76. The van der Waals surface area contributed by atoms with E-state index >= 15 is 0 Å². The van der Waals surface area contributed by atoms with Gasteiger partial charge in [0.1, 0.15) is 24.0 Å². The number of anilines is 2. The number of ether oxygens (including phenoxy) is 1. The topological polar surface area (TPSA) is 35.2 Å². The second kappa shape index (κ2) is 17.2. The molecule has 3 aromatic heterocycles. The summed E-state index contributed by atoms with van der Waals surface area (Å²) in [6, 6.07) is 72.7. The van der Waals surface area contributed by atoms with Crippen LogP contribution in [0.2, 0.25) is 0 Å². The maximum Gasteiger partial charge on any atom is 0.137 e. The van der Waals surface area contributed by atoms with Crippen LogP contribution < -0.4 is 9.64 Å². The minimum atomic E-state index is -2.30. The highest BCUT2D eigenvalue weighted by Crippen LogP contribution is 2.46. The van der Waals surface area contributed by atoms with Gasteiger partial charge in [0.25, 0.3) is 0 Å². The Bertz CT molecular complexity index is 4390. The van der Waals surface area contributed by atoms with Crippen molar-refractivity contribution in [3.63, 3.8) is 0 Å². The van der Waals surface area contributed by atoms with Crippen LogP contribution in [0.4, 0.5) is 11.4 Å². The van der Waals surface area contributed by atoms with E-state index in [0.29, 0.717) is 23.7 Å². The molecule has 0 atom stereocenters. The van der Waals surface area contributed by atoms with Gasteiger partial charge in [-0.1, -0.05) is 193 Å². The molecular formula is C69H58N4O. The summed E-state index contributed by atoms with van der Waals surface area (Å²) >= 11 is 0. The minimum absolute atomic E-state index is 0.0695. The molecule has 0 saturated heterocycles. The number of aromatic nitrogens is 3. The summed E-state index contributed by atoms with van der Waals surface area (Å²) in [5.41, 5.74) is 12.5. The molecule has 74 heavy (non-hydrogen) atoms. The Labute approximate surface area is 437 Å². The lowest BCUT2D eigenvalue weighted by atomic mass is 9.84. The third kappa shape index (κ3) is 7.57. The molecule has 4 heterocycles. The third-order valence-electron chi connectivity index (χ3n) is 15.1. The summed E-state index contributed by atoms with van der Waals surface area (Å²) in [7, 11) is 0. The van der Waals surface area contributed by atoms with Crippen LogP contribution in [0.5, 0.6) is 11.5 Å². The second-order valence-electron chi connectivity index (χ2n) is 21.8. The van der Waals surface area contributed by atoms with Crippen LogP contribution in [0.3, 0.4) is 0 Å². The van der Waals surface area contributed by atoms with Crippen molar-refractivity contribution in [2.45, 2.75) is 65.9 Å². The number of benzene rings is 9. The number of hydrogen-bond donors (Lipinski definition) is 0. The fourth-order valence-electron chi connectivity index (χ4n) is 11.4. The smallest absolute Gasteiger partial charge is 0.137 e. The highest BCUT2D eigenvalue weighted by Gasteiger charge is 2.27. The van der Waals surface area contributed by atoms with E-state index in [1.807, 2.05) is 24.4 Å². The molecule has 0 saturated carbocycles. The maximum atomic E-state index is 8.64. The van der Waals surface area contributed by atoms with Crippen molar-refractivity contribution in [1.29, 1.82) is 0 Å². The Morgan fingerprint density at radius 2 is 1.11 bits per heavy atom. The molecule has 0 fully saturated rings. The number of pyridine rings is 1. The number of aryl methyl sites for hydroxylation is 1. The summed E-state index contributed by atoms with van der Waals surface area (Å²) in [4.78, 5) is 7.38. The van der Waals surface area contributed by atoms with E-state index in [-0.39, 0.29) is 10.8 Å². The first-order valence-electron chi connectivity index (χ1n) is 27.1. The van der Waals surface area contributed by atoms with Gasteiger partial charge >= 0.3 is 0 Å². The van der Waals surface area contributed by atoms with Gasteiger partial charge in [0.15, 0.2) is 0 Å². The fourth-order valence-corrected chi connectivity index (χ4v) is 11.4. The lowest BCUT2D eigenvalue weighted by Crippen LogP contribution is -2.15. The van der Waals surface area contributed by atoms with Crippen molar-refractivity contribution in [1.82, 2.24) is 14.1 Å². The van der Waals surface area contributed by atoms with Gasteiger partial charge in [-0.05, 0) is 116 Å². The van der Waals surface area contributed by atoms with Gasteiger partial charge in [-0.15, -0.1) is 0 Å². The fraction of sp³-hybridized carbons (Fsp3) is 0.145. The van der Waals surface area contributed by atoms with Crippen LogP contribution in [0.25, 0.3) is 93.2 Å². The number of hydrogen-bond acceptors (Lipinski definition) is 3. The van der Waals surface area contributed by atoms with Crippen LogP contribution in [-0.2, 0) is 17.5 Å². The molecule has 1 aliphatic rings. The van der Waals surface area contributed by atoms with E-state index in [4.69, 9.17) is 13.8 Å². The standard InChI is InChI=1S/C69H58N4O/c1-44-37-46(39-48(38-44)69(5,6)7)53-28-16-29-58-56-25-13-11-23-54(56)55-24-12-14-26-57(55)59-30-18-32-62-67(59)72(66(53)58)43-71(62)49-21-15-22-50(41-49)74-51-33-34-60-63(42-51)73(64-40-47(35-36-70-64)68(2,3)4)61-31-17-27-52(65(60)61)45-19-9-8-10-20-45/h8-42H,43H2,1-7H3/i1D3. The number of nitrogens with zero attached hydrogens (tertiary/aromatic N) is 4. The number of fused-ring (bicyclic) bond motifs is 10. The van der Waals surface area contributed by atoms with Gasteiger partial charge in [-0.25, -0.2) is 4.98 Å². The van der Waals surface area contributed by atoms with Crippen molar-refractivity contribution < 1.29 is 8.85 Å². The normalized spacial score (nSPS) is 13.5. The molecule has 12 aromatic rings. The van der Waals surface area contributed by atoms with Gasteiger partial charge in [-0.2, -0.15) is 0 Å². The van der Waals surface area contributed by atoms with Gasteiger partial charge in [0.2, 0.25) is 0 Å². The highest BCUT2D eigenvalue weighted by molar-refractivity contribution is 6.22. The molecule has 0 N–H and O–H groups in total. The molecule has 0 aliphatic carbocycles. The first-order chi connectivity index (χ1) is 37.1. The molecule has 0 amide bonds. The van der Waals surface area contributed by atoms with E-state index in [9.17, 15) is 0 Å². The molecule has 9 aromatic carbocycles. The first-order valence-corrected chi connectivity index (χ1v) is 25.6. The van der Waals surface area contributed by atoms with Crippen LogP contribution >= 0.6 is 0 Å². The van der Waals surface area contributed by atoms with Crippen LogP contribution in [0.1, 0.15) is 62.3 Å². The molecule has 0 unspecified atom stereocenters. The molecule has 1 aliphatic heterocycles. The molecule has 0 bridgehead atoms. The molecule has 5 heteroatoms. The van der Waals surface area contributed by atoms with Crippen LogP contribution in [0, 0.1) is 6.85 Å². The zero-order valence-corrected chi connectivity index (χ0v) is 42.6. The van der Waals surface area contributed by atoms with Gasteiger partial charge < -0.3 is 14.2 Å². The Morgan fingerprint density at radius 1 is 0.473 bits per heavy atom. The summed E-state index contributed by atoms with van der Waals surface area (Å²) < 4.78 is 37.7. The number of para-hydroxylation sites is 2. The molecule has 360 valence electrons. The quantitative estimate of drug-likeness (QED) is 0.167. The van der Waals surface area contributed by atoms with Gasteiger partial charge in [0, 0.05) is 55.2 Å². The monoisotopic (exact) mass is 961 g/mol. The van der Waals surface area contributed by atoms with E-state index < -0.39 is 6.85 Å². The van der Waals surface area contributed by atoms with Crippen molar-refractivity contribution in [2.75, 3.05) is 4.90 Å². The molecule has 5 nitrogen and oxygen atoms in total. The predicted molar refractivity (Wildman–Crippen MR) is 312 cm³/mol. The Hall–Kier alpha value is -8.67. The van der Waals surface area contributed by atoms with E-state index in [2.05, 4.69) is 244 Å². The Morgan fingerprint density at radius 3 is 1.84 bits per heavy atom. The van der Waals surface area contributed by atoms with Crippen molar-refractivity contribution in [3.05, 3.63) is 229 Å². The molecule has 0 radical (unpaired) electrons. The number of rotatable bonds is 6. The van der Waals surface area contributed by atoms with E-state index in [0.717, 1.165) is 110 Å². The van der Waals surface area contributed by atoms with Crippen LogP contribution in [-0.4, -0.2) is 14.1 Å². The largest absolute Gasteiger partial charge is 0.457 e. The zero-order valence-electron chi connectivity index (χ0n) is 45.6. The van der Waals surface area contributed by atoms with E-state index in [1.54, 1.807) is 0 Å². The average Bonchev–Trinajstić information content (AvgIpc) is 4.12. The molecular weight excluding hydrogens is 901 g/mol. The zero-order chi connectivity index (χ0) is 53.0. The Balaban J connectivity index is 1.00. The van der Waals surface area contributed by atoms with Crippen molar-refractivity contribution in [2.24, 2.45) is 0 Å². The van der Waals surface area contributed by atoms with Gasteiger partial charge in [0.05, 0.1) is 27.8 Å². The summed E-state index contributed by atoms with van der Waals surface area (Å²) in [6.07, 6.45) is 1.92. The van der Waals surface area contributed by atoms with Crippen molar-refractivity contribution >= 4 is 76.5 Å². The summed E-state index contributed by atoms with van der Waals surface area (Å²) in [6.45, 7) is 11.3. The maximum absolute atomic E-state index is 8.64. The lowest BCUT2D eigenvalue weighted by molar-refractivity contribution is 0.483. The minimum Gasteiger partial charge on any atom is -0.457 e. The lowest BCUT2D eigenvalue weighted by Gasteiger charge is -2.22. The predicted octanol–water partition coefficient (Wildman–Crippen LogP) is 18.9. The van der Waals surface area contributed by atoms with Gasteiger partial charge in [-0.3, -0.25) is 4.57 Å². The van der Waals surface area contributed by atoms with E-state index in [1.165, 1.54) is 5.56 Å². The summed E-state index contributed by atoms with van der Waals surface area (Å²) in [5.74, 6) is 2.27. The third-order valence-corrected chi connectivity index (χ3v) is 15.1.